The Bertz CT molecular complexity index is 314. The summed E-state index contributed by atoms with van der Waals surface area (Å²) in [4.78, 5) is 0. The SMILES string of the molecule is N[C@H](CO)c1ccc(C2CCCCC2)cc1. The first-order valence-corrected chi connectivity index (χ1v) is 6.27. The molecule has 0 bridgehead atoms. The maximum absolute atomic E-state index is 8.98. The summed E-state index contributed by atoms with van der Waals surface area (Å²) in [6.45, 7) is 0.0166. The van der Waals surface area contributed by atoms with Gasteiger partial charge in [0, 0.05) is 0 Å². The van der Waals surface area contributed by atoms with E-state index in [-0.39, 0.29) is 12.6 Å². The molecule has 2 rings (SSSR count). The number of hydrogen-bond donors (Lipinski definition) is 2. The summed E-state index contributed by atoms with van der Waals surface area (Å²) in [6, 6.07) is 8.25. The van der Waals surface area contributed by atoms with E-state index in [4.69, 9.17) is 10.8 Å². The molecule has 0 aromatic heterocycles. The first kappa shape index (κ1) is 11.6. The molecule has 1 fully saturated rings. The van der Waals surface area contributed by atoms with Crippen LogP contribution in [0.1, 0.15) is 55.2 Å². The standard InChI is InChI=1S/C14H21NO/c15-14(10-16)13-8-6-12(7-9-13)11-4-2-1-3-5-11/h6-9,11,14,16H,1-5,10,15H2/t14-/m1/s1. The molecule has 0 heterocycles. The van der Waals surface area contributed by atoms with E-state index in [2.05, 4.69) is 24.3 Å². The Labute approximate surface area is 97.5 Å². The minimum atomic E-state index is -0.236. The van der Waals surface area contributed by atoms with Gasteiger partial charge in [-0.1, -0.05) is 43.5 Å². The second-order valence-electron chi connectivity index (χ2n) is 4.79. The van der Waals surface area contributed by atoms with Gasteiger partial charge in [-0.25, -0.2) is 0 Å². The summed E-state index contributed by atoms with van der Waals surface area (Å²) in [6.07, 6.45) is 6.77. The Morgan fingerprint density at radius 1 is 1.12 bits per heavy atom. The predicted molar refractivity (Wildman–Crippen MR) is 66.3 cm³/mol. The monoisotopic (exact) mass is 219 g/mol. The topological polar surface area (TPSA) is 46.2 Å². The van der Waals surface area contributed by atoms with E-state index in [1.165, 1.54) is 37.7 Å². The van der Waals surface area contributed by atoms with Crippen LogP contribution in [0.5, 0.6) is 0 Å². The Kier molecular flexibility index (Phi) is 3.97. The Balaban J connectivity index is 2.06. The quantitative estimate of drug-likeness (QED) is 0.821. The third-order valence-corrected chi connectivity index (χ3v) is 3.64. The predicted octanol–water partition coefficient (Wildman–Crippen LogP) is 2.73. The highest BCUT2D eigenvalue weighted by molar-refractivity contribution is 5.27. The van der Waals surface area contributed by atoms with Crippen molar-refractivity contribution >= 4 is 0 Å². The van der Waals surface area contributed by atoms with E-state index in [1.54, 1.807) is 0 Å². The first-order chi connectivity index (χ1) is 7.81. The Morgan fingerprint density at radius 3 is 2.31 bits per heavy atom. The zero-order valence-electron chi connectivity index (χ0n) is 9.73. The molecule has 16 heavy (non-hydrogen) atoms. The van der Waals surface area contributed by atoms with E-state index in [1.807, 2.05) is 0 Å². The van der Waals surface area contributed by atoms with Gasteiger partial charge < -0.3 is 10.8 Å². The van der Waals surface area contributed by atoms with Gasteiger partial charge in [-0.15, -0.1) is 0 Å². The minimum Gasteiger partial charge on any atom is -0.394 e. The van der Waals surface area contributed by atoms with Gasteiger partial charge in [0.1, 0.15) is 0 Å². The number of benzene rings is 1. The van der Waals surface area contributed by atoms with Gasteiger partial charge in [0.25, 0.3) is 0 Å². The molecule has 1 aliphatic rings. The number of aliphatic hydroxyl groups is 1. The maximum Gasteiger partial charge on any atom is 0.0624 e. The van der Waals surface area contributed by atoms with Gasteiger partial charge in [-0.3, -0.25) is 0 Å². The van der Waals surface area contributed by atoms with Gasteiger partial charge in [-0.05, 0) is 29.9 Å². The smallest absolute Gasteiger partial charge is 0.0624 e. The molecule has 1 aromatic rings. The third kappa shape index (κ3) is 2.63. The van der Waals surface area contributed by atoms with Crippen LogP contribution in [-0.2, 0) is 0 Å². The van der Waals surface area contributed by atoms with Crippen molar-refractivity contribution in [1.29, 1.82) is 0 Å². The molecular formula is C14H21NO. The van der Waals surface area contributed by atoms with Gasteiger partial charge in [0.2, 0.25) is 0 Å². The lowest BCUT2D eigenvalue weighted by molar-refractivity contribution is 0.268. The largest absolute Gasteiger partial charge is 0.394 e. The van der Waals surface area contributed by atoms with Crippen molar-refractivity contribution < 1.29 is 5.11 Å². The zero-order chi connectivity index (χ0) is 11.4. The Hall–Kier alpha value is -0.860. The van der Waals surface area contributed by atoms with E-state index < -0.39 is 0 Å². The highest BCUT2D eigenvalue weighted by atomic mass is 16.3. The second kappa shape index (κ2) is 5.46. The van der Waals surface area contributed by atoms with Crippen molar-refractivity contribution in [2.24, 2.45) is 5.73 Å². The molecule has 0 amide bonds. The minimum absolute atomic E-state index is 0.0166. The summed E-state index contributed by atoms with van der Waals surface area (Å²) in [7, 11) is 0. The maximum atomic E-state index is 8.98. The van der Waals surface area contributed by atoms with E-state index in [0.29, 0.717) is 0 Å². The van der Waals surface area contributed by atoms with Gasteiger partial charge >= 0.3 is 0 Å². The van der Waals surface area contributed by atoms with Gasteiger partial charge in [0.15, 0.2) is 0 Å². The van der Waals surface area contributed by atoms with Crippen LogP contribution in [-0.4, -0.2) is 11.7 Å². The summed E-state index contributed by atoms with van der Waals surface area (Å²) in [5, 5.41) is 8.98. The van der Waals surface area contributed by atoms with Crippen molar-refractivity contribution in [2.45, 2.75) is 44.1 Å². The molecular weight excluding hydrogens is 198 g/mol. The lowest BCUT2D eigenvalue weighted by Crippen LogP contribution is -2.14. The molecule has 88 valence electrons. The van der Waals surface area contributed by atoms with Crippen molar-refractivity contribution in [3.8, 4) is 0 Å². The molecule has 3 N–H and O–H groups in total. The molecule has 1 saturated carbocycles. The van der Waals surface area contributed by atoms with Crippen LogP contribution in [0.4, 0.5) is 0 Å². The third-order valence-electron chi connectivity index (χ3n) is 3.64. The second-order valence-corrected chi connectivity index (χ2v) is 4.79. The fourth-order valence-corrected chi connectivity index (χ4v) is 2.56. The summed E-state index contributed by atoms with van der Waals surface area (Å²) < 4.78 is 0. The van der Waals surface area contributed by atoms with E-state index in [9.17, 15) is 0 Å². The average Bonchev–Trinajstić information content (AvgIpc) is 2.39. The molecule has 2 nitrogen and oxygen atoms in total. The van der Waals surface area contributed by atoms with Crippen LogP contribution < -0.4 is 5.73 Å². The molecule has 2 heteroatoms. The Morgan fingerprint density at radius 2 is 1.75 bits per heavy atom. The first-order valence-electron chi connectivity index (χ1n) is 6.27. The fraction of sp³-hybridized carbons (Fsp3) is 0.571. The van der Waals surface area contributed by atoms with E-state index in [0.717, 1.165) is 11.5 Å². The molecule has 1 aliphatic carbocycles. The summed E-state index contributed by atoms with van der Waals surface area (Å²) in [5.74, 6) is 0.744. The lowest BCUT2D eigenvalue weighted by atomic mass is 9.84. The van der Waals surface area contributed by atoms with Crippen LogP contribution in [0.3, 0.4) is 0 Å². The van der Waals surface area contributed by atoms with Crippen LogP contribution >= 0.6 is 0 Å². The van der Waals surface area contributed by atoms with Crippen molar-refractivity contribution in [3.63, 3.8) is 0 Å². The van der Waals surface area contributed by atoms with Crippen molar-refractivity contribution in [2.75, 3.05) is 6.61 Å². The van der Waals surface area contributed by atoms with Crippen LogP contribution in [0.25, 0.3) is 0 Å². The fourth-order valence-electron chi connectivity index (χ4n) is 2.56. The van der Waals surface area contributed by atoms with Crippen molar-refractivity contribution in [1.82, 2.24) is 0 Å². The molecule has 1 atom stereocenters. The molecule has 0 aliphatic heterocycles. The number of hydrogen-bond acceptors (Lipinski definition) is 2. The van der Waals surface area contributed by atoms with Crippen LogP contribution in [0, 0.1) is 0 Å². The summed E-state index contributed by atoms with van der Waals surface area (Å²) >= 11 is 0. The molecule has 0 radical (unpaired) electrons. The normalized spacial score (nSPS) is 19.6. The van der Waals surface area contributed by atoms with Gasteiger partial charge in [0.05, 0.1) is 12.6 Å². The van der Waals surface area contributed by atoms with Crippen LogP contribution in [0.15, 0.2) is 24.3 Å². The van der Waals surface area contributed by atoms with Crippen LogP contribution in [0.2, 0.25) is 0 Å². The highest BCUT2D eigenvalue weighted by Crippen LogP contribution is 2.32. The zero-order valence-corrected chi connectivity index (χ0v) is 9.73. The number of nitrogens with two attached hydrogens (primary N) is 1. The molecule has 0 spiro atoms. The van der Waals surface area contributed by atoms with E-state index >= 15 is 0 Å². The van der Waals surface area contributed by atoms with Gasteiger partial charge in [-0.2, -0.15) is 0 Å². The molecule has 1 aromatic carbocycles. The molecule has 0 saturated heterocycles. The van der Waals surface area contributed by atoms with Crippen molar-refractivity contribution in [3.05, 3.63) is 35.4 Å². The molecule has 0 unspecified atom stereocenters. The highest BCUT2D eigenvalue weighted by Gasteiger charge is 2.15. The average molecular weight is 219 g/mol. The number of rotatable bonds is 3. The number of aliphatic hydroxyl groups excluding tert-OH is 1. The lowest BCUT2D eigenvalue weighted by Gasteiger charge is -2.22. The summed E-state index contributed by atoms with van der Waals surface area (Å²) in [5.41, 5.74) is 8.24.